The van der Waals surface area contributed by atoms with Gasteiger partial charge in [0.1, 0.15) is 11.5 Å². The number of nitrogens with two attached hydrogens (primary N) is 1. The number of amides is 3. The van der Waals surface area contributed by atoms with Gasteiger partial charge < -0.3 is 20.8 Å². The average Bonchev–Trinajstić information content (AvgIpc) is 2.93. The van der Waals surface area contributed by atoms with Gasteiger partial charge in [0.15, 0.2) is 0 Å². The Labute approximate surface area is 159 Å². The summed E-state index contributed by atoms with van der Waals surface area (Å²) in [5.74, 6) is 1.67. The largest absolute Gasteiger partial charge is 0.466 e. The first-order valence-corrected chi connectivity index (χ1v) is 9.23. The van der Waals surface area contributed by atoms with Crippen LogP contribution >= 0.6 is 0 Å². The molecule has 2 atom stereocenters. The van der Waals surface area contributed by atoms with Crippen molar-refractivity contribution in [3.63, 3.8) is 0 Å². The SMILES string of the molecule is Cc1cc2c(o1)CC(C)(C)C[C@@H]2NC(=O)C[C@H](NC(N)=O)c1ccccc1. The first kappa shape index (κ1) is 19.0. The molecule has 144 valence electrons. The molecule has 3 rings (SSSR count). The molecular weight excluding hydrogens is 342 g/mol. The van der Waals surface area contributed by atoms with Gasteiger partial charge in [0.05, 0.1) is 18.5 Å². The van der Waals surface area contributed by atoms with Crippen LogP contribution in [0.3, 0.4) is 0 Å². The van der Waals surface area contributed by atoms with E-state index in [0.29, 0.717) is 0 Å². The highest BCUT2D eigenvalue weighted by Crippen LogP contribution is 2.42. The van der Waals surface area contributed by atoms with Gasteiger partial charge in [-0.3, -0.25) is 4.79 Å². The number of hydrogen-bond donors (Lipinski definition) is 3. The van der Waals surface area contributed by atoms with Crippen molar-refractivity contribution in [3.8, 4) is 0 Å². The number of furan rings is 1. The first-order chi connectivity index (χ1) is 12.7. The topological polar surface area (TPSA) is 97.4 Å². The molecule has 0 radical (unpaired) electrons. The second kappa shape index (κ2) is 7.47. The highest BCUT2D eigenvalue weighted by molar-refractivity contribution is 5.79. The molecule has 1 aliphatic rings. The fraction of sp³-hybridized carbons (Fsp3) is 0.429. The number of carbonyl (C=O) groups excluding carboxylic acids is 2. The Hall–Kier alpha value is -2.76. The predicted molar refractivity (Wildman–Crippen MR) is 103 cm³/mol. The number of carbonyl (C=O) groups is 2. The normalized spacial score (nSPS) is 19.0. The summed E-state index contributed by atoms with van der Waals surface area (Å²) in [7, 11) is 0. The van der Waals surface area contributed by atoms with Gasteiger partial charge in [-0.25, -0.2) is 4.79 Å². The molecule has 1 heterocycles. The third-order valence-electron chi connectivity index (χ3n) is 4.98. The van der Waals surface area contributed by atoms with E-state index in [2.05, 4.69) is 24.5 Å². The van der Waals surface area contributed by atoms with Gasteiger partial charge >= 0.3 is 6.03 Å². The van der Waals surface area contributed by atoms with Crippen LogP contribution < -0.4 is 16.4 Å². The molecule has 1 aromatic heterocycles. The van der Waals surface area contributed by atoms with Gasteiger partial charge in [-0.15, -0.1) is 0 Å². The molecule has 1 aromatic carbocycles. The summed E-state index contributed by atoms with van der Waals surface area (Å²) in [4.78, 5) is 24.1. The Kier molecular flexibility index (Phi) is 5.26. The highest BCUT2D eigenvalue weighted by Gasteiger charge is 2.35. The number of benzene rings is 1. The zero-order chi connectivity index (χ0) is 19.6. The summed E-state index contributed by atoms with van der Waals surface area (Å²) >= 11 is 0. The number of aryl methyl sites for hydroxylation is 1. The predicted octanol–water partition coefficient (Wildman–Crippen LogP) is 3.52. The van der Waals surface area contributed by atoms with E-state index in [1.54, 1.807) is 0 Å². The molecule has 0 saturated carbocycles. The standard InChI is InChI=1S/C21H27N3O3/c1-13-9-15-17(11-21(2,3)12-18(15)27-13)23-19(25)10-16(24-20(22)26)14-7-5-4-6-8-14/h4-9,16-17H,10-12H2,1-3H3,(H,23,25)(H3,22,24,26)/t16-,17-/m0/s1. The summed E-state index contributed by atoms with van der Waals surface area (Å²) < 4.78 is 5.83. The number of nitrogens with one attached hydrogen (secondary N) is 2. The third-order valence-corrected chi connectivity index (χ3v) is 4.98. The average molecular weight is 369 g/mol. The highest BCUT2D eigenvalue weighted by atomic mass is 16.3. The number of urea groups is 1. The summed E-state index contributed by atoms with van der Waals surface area (Å²) in [5, 5.41) is 5.79. The maximum absolute atomic E-state index is 12.8. The lowest BCUT2D eigenvalue weighted by atomic mass is 9.74. The lowest BCUT2D eigenvalue weighted by Crippen LogP contribution is -2.39. The van der Waals surface area contributed by atoms with Crippen molar-refractivity contribution in [2.24, 2.45) is 11.1 Å². The second-order valence-corrected chi connectivity index (χ2v) is 8.08. The van der Waals surface area contributed by atoms with Crippen LogP contribution in [0.25, 0.3) is 0 Å². The molecule has 27 heavy (non-hydrogen) atoms. The van der Waals surface area contributed by atoms with E-state index in [0.717, 1.165) is 35.5 Å². The Morgan fingerprint density at radius 1 is 1.30 bits per heavy atom. The zero-order valence-corrected chi connectivity index (χ0v) is 16.0. The van der Waals surface area contributed by atoms with Gasteiger partial charge in [-0.1, -0.05) is 44.2 Å². The number of primary amides is 1. The monoisotopic (exact) mass is 369 g/mol. The molecule has 6 nitrogen and oxygen atoms in total. The van der Waals surface area contributed by atoms with E-state index < -0.39 is 12.1 Å². The molecule has 1 aliphatic carbocycles. The lowest BCUT2D eigenvalue weighted by Gasteiger charge is -2.35. The Bertz CT molecular complexity index is 826. The quantitative estimate of drug-likeness (QED) is 0.752. The summed E-state index contributed by atoms with van der Waals surface area (Å²) in [6, 6.07) is 10.2. The molecule has 0 aliphatic heterocycles. The van der Waals surface area contributed by atoms with Crippen molar-refractivity contribution < 1.29 is 14.0 Å². The van der Waals surface area contributed by atoms with E-state index in [9.17, 15) is 9.59 Å². The van der Waals surface area contributed by atoms with Crippen LogP contribution in [0.4, 0.5) is 4.79 Å². The molecule has 6 heteroatoms. The Morgan fingerprint density at radius 3 is 2.67 bits per heavy atom. The second-order valence-electron chi connectivity index (χ2n) is 8.08. The number of fused-ring (bicyclic) bond motifs is 1. The van der Waals surface area contributed by atoms with E-state index >= 15 is 0 Å². The minimum atomic E-state index is -0.650. The number of hydrogen-bond acceptors (Lipinski definition) is 3. The minimum Gasteiger partial charge on any atom is -0.466 e. The molecule has 0 saturated heterocycles. The summed E-state index contributed by atoms with van der Waals surface area (Å²) in [6.07, 6.45) is 1.82. The van der Waals surface area contributed by atoms with E-state index in [1.165, 1.54) is 0 Å². The van der Waals surface area contributed by atoms with E-state index in [4.69, 9.17) is 10.2 Å². The molecule has 4 N–H and O–H groups in total. The summed E-state index contributed by atoms with van der Waals surface area (Å²) in [5.41, 5.74) is 7.24. The molecule has 0 fully saturated rings. The first-order valence-electron chi connectivity index (χ1n) is 9.23. The van der Waals surface area contributed by atoms with Crippen molar-refractivity contribution in [3.05, 3.63) is 59.0 Å². The van der Waals surface area contributed by atoms with Crippen LogP contribution in [0.5, 0.6) is 0 Å². The van der Waals surface area contributed by atoms with Crippen LogP contribution in [0.1, 0.15) is 61.4 Å². The van der Waals surface area contributed by atoms with Crippen LogP contribution in [0.15, 0.2) is 40.8 Å². The van der Waals surface area contributed by atoms with Crippen molar-refractivity contribution in [2.45, 2.75) is 52.1 Å². The van der Waals surface area contributed by atoms with E-state index in [-0.39, 0.29) is 23.8 Å². The van der Waals surface area contributed by atoms with Crippen LogP contribution in [0.2, 0.25) is 0 Å². The summed E-state index contributed by atoms with van der Waals surface area (Å²) in [6.45, 7) is 6.27. The Balaban J connectivity index is 1.75. The minimum absolute atomic E-state index is 0.0412. The van der Waals surface area contributed by atoms with Crippen LogP contribution in [-0.2, 0) is 11.2 Å². The molecule has 0 bridgehead atoms. The molecule has 2 aromatic rings. The van der Waals surface area contributed by atoms with Gasteiger partial charge in [-0.05, 0) is 30.4 Å². The van der Waals surface area contributed by atoms with Crippen LogP contribution in [-0.4, -0.2) is 11.9 Å². The number of rotatable bonds is 5. The Morgan fingerprint density at radius 2 is 2.00 bits per heavy atom. The maximum Gasteiger partial charge on any atom is 0.312 e. The van der Waals surface area contributed by atoms with Gasteiger partial charge in [0.25, 0.3) is 0 Å². The maximum atomic E-state index is 12.8. The van der Waals surface area contributed by atoms with Gasteiger partial charge in [0, 0.05) is 12.0 Å². The zero-order valence-electron chi connectivity index (χ0n) is 16.0. The fourth-order valence-corrected chi connectivity index (χ4v) is 3.86. The van der Waals surface area contributed by atoms with Crippen LogP contribution in [0, 0.1) is 12.3 Å². The smallest absolute Gasteiger partial charge is 0.312 e. The van der Waals surface area contributed by atoms with Crippen molar-refractivity contribution in [1.82, 2.24) is 10.6 Å². The molecule has 3 amide bonds. The van der Waals surface area contributed by atoms with Crippen molar-refractivity contribution in [2.75, 3.05) is 0 Å². The molecule has 0 unspecified atom stereocenters. The third kappa shape index (κ3) is 4.70. The molecule has 0 spiro atoms. The lowest BCUT2D eigenvalue weighted by molar-refractivity contribution is -0.122. The van der Waals surface area contributed by atoms with E-state index in [1.807, 2.05) is 43.3 Å². The van der Waals surface area contributed by atoms with Gasteiger partial charge in [0.2, 0.25) is 5.91 Å². The fourth-order valence-electron chi connectivity index (χ4n) is 3.86. The van der Waals surface area contributed by atoms with Crippen molar-refractivity contribution >= 4 is 11.9 Å². The van der Waals surface area contributed by atoms with Gasteiger partial charge in [-0.2, -0.15) is 0 Å². The van der Waals surface area contributed by atoms with Crippen molar-refractivity contribution in [1.29, 1.82) is 0 Å². The molecular formula is C21H27N3O3.